The molecule has 0 spiro atoms. The summed E-state index contributed by atoms with van der Waals surface area (Å²) < 4.78 is 5.00. The van der Waals surface area contributed by atoms with E-state index < -0.39 is 0 Å². The second kappa shape index (κ2) is 10.7. The van der Waals surface area contributed by atoms with Gasteiger partial charge >= 0.3 is 6.09 Å². The van der Waals surface area contributed by atoms with Gasteiger partial charge in [-0.25, -0.2) is 4.79 Å². The first-order chi connectivity index (χ1) is 15.5. The highest BCUT2D eigenvalue weighted by Crippen LogP contribution is 2.29. The van der Waals surface area contributed by atoms with Gasteiger partial charge in [0, 0.05) is 19.1 Å². The summed E-state index contributed by atoms with van der Waals surface area (Å²) in [5.41, 5.74) is 3.02. The number of rotatable bonds is 9. The van der Waals surface area contributed by atoms with Gasteiger partial charge in [-0.05, 0) is 82.9 Å². The van der Waals surface area contributed by atoms with Crippen molar-refractivity contribution >= 4 is 12.0 Å². The number of nitrogens with zero attached hydrogens (tertiary/aromatic N) is 4. The van der Waals surface area contributed by atoms with Crippen LogP contribution < -0.4 is 0 Å². The molecule has 1 aromatic carbocycles. The molecule has 1 aromatic rings. The molecule has 3 aliphatic rings. The normalized spacial score (nSPS) is 20.1. The van der Waals surface area contributed by atoms with E-state index >= 15 is 0 Å². The highest BCUT2D eigenvalue weighted by molar-refractivity contribution is 5.82. The molecule has 2 saturated heterocycles. The van der Waals surface area contributed by atoms with Gasteiger partial charge in [-0.1, -0.05) is 24.3 Å². The molecule has 7 heteroatoms. The van der Waals surface area contributed by atoms with Gasteiger partial charge in [-0.3, -0.25) is 14.6 Å². The number of hydrogen-bond donors (Lipinski definition) is 0. The van der Waals surface area contributed by atoms with Crippen molar-refractivity contribution in [1.82, 2.24) is 19.6 Å². The van der Waals surface area contributed by atoms with Crippen molar-refractivity contribution in [1.29, 1.82) is 0 Å². The van der Waals surface area contributed by atoms with E-state index in [2.05, 4.69) is 48.2 Å². The molecule has 2 heterocycles. The molecule has 0 radical (unpaired) electrons. The van der Waals surface area contributed by atoms with E-state index in [1.807, 2.05) is 4.90 Å². The van der Waals surface area contributed by atoms with Gasteiger partial charge in [0.2, 0.25) is 5.91 Å². The van der Waals surface area contributed by atoms with Gasteiger partial charge in [0.15, 0.2) is 0 Å². The van der Waals surface area contributed by atoms with Crippen LogP contribution in [0.5, 0.6) is 0 Å². The molecule has 32 heavy (non-hydrogen) atoms. The summed E-state index contributed by atoms with van der Waals surface area (Å²) in [7, 11) is 4.12. The van der Waals surface area contributed by atoms with E-state index in [1.54, 1.807) is 0 Å². The van der Waals surface area contributed by atoms with Crippen molar-refractivity contribution in [2.45, 2.75) is 38.1 Å². The first-order valence-electron chi connectivity index (χ1n) is 12.1. The predicted molar refractivity (Wildman–Crippen MR) is 125 cm³/mol. The van der Waals surface area contributed by atoms with Crippen molar-refractivity contribution in [3.63, 3.8) is 0 Å². The lowest BCUT2D eigenvalue weighted by atomic mass is 9.94. The SMILES string of the molecule is CN(C)CCCN(CC1CCN(C2Cc3ccccc3C2)CC1)C(=O)CN1CCOC1=O. The zero-order chi connectivity index (χ0) is 22.5. The van der Waals surface area contributed by atoms with Gasteiger partial charge in [0.1, 0.15) is 13.2 Å². The molecule has 1 aliphatic carbocycles. The number of fused-ring (bicyclic) bond motifs is 1. The second-order valence-electron chi connectivity index (χ2n) is 9.84. The van der Waals surface area contributed by atoms with Gasteiger partial charge in [0.05, 0.1) is 6.54 Å². The number of piperidine rings is 1. The van der Waals surface area contributed by atoms with E-state index in [-0.39, 0.29) is 18.5 Å². The number of carbonyl (C=O) groups excluding carboxylic acids is 2. The van der Waals surface area contributed by atoms with Crippen LogP contribution >= 0.6 is 0 Å². The Balaban J connectivity index is 1.28. The Morgan fingerprint density at radius 1 is 1.06 bits per heavy atom. The molecule has 2 amide bonds. The van der Waals surface area contributed by atoms with Crippen LogP contribution in [-0.2, 0) is 22.4 Å². The minimum Gasteiger partial charge on any atom is -0.448 e. The average molecular weight is 443 g/mol. The van der Waals surface area contributed by atoms with Crippen LogP contribution in [0.25, 0.3) is 0 Å². The van der Waals surface area contributed by atoms with Crippen molar-refractivity contribution in [2.24, 2.45) is 5.92 Å². The Labute approximate surface area is 192 Å². The second-order valence-corrected chi connectivity index (χ2v) is 9.84. The van der Waals surface area contributed by atoms with Crippen molar-refractivity contribution < 1.29 is 14.3 Å². The molecule has 0 N–H and O–H groups in total. The third-order valence-electron chi connectivity index (χ3n) is 7.23. The fourth-order valence-corrected chi connectivity index (χ4v) is 5.33. The van der Waals surface area contributed by atoms with Gasteiger partial charge in [0.25, 0.3) is 0 Å². The maximum atomic E-state index is 13.0. The lowest BCUT2D eigenvalue weighted by molar-refractivity contribution is -0.132. The summed E-state index contributed by atoms with van der Waals surface area (Å²) in [6.07, 6.45) is 5.19. The topological polar surface area (TPSA) is 56.3 Å². The molecule has 0 saturated carbocycles. The molecule has 2 aliphatic heterocycles. The zero-order valence-electron chi connectivity index (χ0n) is 19.7. The molecule has 4 rings (SSSR count). The lowest BCUT2D eigenvalue weighted by Crippen LogP contribution is -2.47. The van der Waals surface area contributed by atoms with Crippen molar-refractivity contribution in [2.75, 3.05) is 66.5 Å². The molecule has 7 nitrogen and oxygen atoms in total. The van der Waals surface area contributed by atoms with Crippen molar-refractivity contribution in [3.8, 4) is 0 Å². The van der Waals surface area contributed by atoms with Crippen molar-refractivity contribution in [3.05, 3.63) is 35.4 Å². The number of likely N-dealkylation sites (tertiary alicyclic amines) is 1. The lowest BCUT2D eigenvalue weighted by Gasteiger charge is -2.38. The fraction of sp³-hybridized carbons (Fsp3) is 0.680. The van der Waals surface area contributed by atoms with Crippen LogP contribution in [0.1, 0.15) is 30.4 Å². The third-order valence-corrected chi connectivity index (χ3v) is 7.23. The highest BCUT2D eigenvalue weighted by atomic mass is 16.6. The average Bonchev–Trinajstić information content (AvgIpc) is 3.39. The summed E-state index contributed by atoms with van der Waals surface area (Å²) in [6.45, 7) is 5.76. The van der Waals surface area contributed by atoms with E-state index in [0.717, 1.165) is 52.0 Å². The quantitative estimate of drug-likeness (QED) is 0.586. The molecule has 176 valence electrons. The fourth-order valence-electron chi connectivity index (χ4n) is 5.33. The highest BCUT2D eigenvalue weighted by Gasteiger charge is 2.32. The maximum absolute atomic E-state index is 13.0. The van der Waals surface area contributed by atoms with Crippen LogP contribution in [0.4, 0.5) is 4.79 Å². The number of amides is 2. The van der Waals surface area contributed by atoms with Crippen LogP contribution in [0, 0.1) is 5.92 Å². The summed E-state index contributed by atoms with van der Waals surface area (Å²) in [4.78, 5) is 33.2. The van der Waals surface area contributed by atoms with E-state index in [1.165, 1.54) is 28.9 Å². The van der Waals surface area contributed by atoms with Crippen LogP contribution in [-0.4, -0.2) is 104 Å². The first kappa shape index (κ1) is 23.1. The first-order valence-corrected chi connectivity index (χ1v) is 12.1. The van der Waals surface area contributed by atoms with Gasteiger partial charge in [-0.15, -0.1) is 0 Å². The number of cyclic esters (lactones) is 1. The molecular weight excluding hydrogens is 404 g/mol. The summed E-state index contributed by atoms with van der Waals surface area (Å²) in [6, 6.07) is 9.48. The number of hydrogen-bond acceptors (Lipinski definition) is 5. The summed E-state index contributed by atoms with van der Waals surface area (Å²) >= 11 is 0. The van der Waals surface area contributed by atoms with Crippen LogP contribution in [0.2, 0.25) is 0 Å². The minimum atomic E-state index is -0.363. The molecule has 0 bridgehead atoms. The van der Waals surface area contributed by atoms with Gasteiger partial charge < -0.3 is 14.5 Å². The van der Waals surface area contributed by atoms with Gasteiger partial charge in [-0.2, -0.15) is 0 Å². The predicted octanol–water partition coefficient (Wildman–Crippen LogP) is 2.10. The monoisotopic (exact) mass is 442 g/mol. The molecule has 0 aromatic heterocycles. The van der Waals surface area contributed by atoms with E-state index in [4.69, 9.17) is 4.74 Å². The van der Waals surface area contributed by atoms with E-state index in [0.29, 0.717) is 25.1 Å². The Morgan fingerprint density at radius 3 is 2.34 bits per heavy atom. The third kappa shape index (κ3) is 5.81. The van der Waals surface area contributed by atoms with Crippen LogP contribution in [0.3, 0.4) is 0 Å². The zero-order valence-corrected chi connectivity index (χ0v) is 19.7. The standard InChI is InChI=1S/C25H38N4O3/c1-26(2)10-5-11-28(24(30)19-29-14-15-32-25(29)31)18-20-8-12-27(13-9-20)23-16-21-6-3-4-7-22(21)17-23/h3-4,6-7,20,23H,5,8-19H2,1-2H3. The number of carbonyl (C=O) groups is 2. The maximum Gasteiger partial charge on any atom is 0.410 e. The largest absolute Gasteiger partial charge is 0.448 e. The summed E-state index contributed by atoms with van der Waals surface area (Å²) in [5, 5.41) is 0. The Kier molecular flexibility index (Phi) is 7.68. The summed E-state index contributed by atoms with van der Waals surface area (Å²) in [5.74, 6) is 0.583. The molecule has 0 unspecified atom stereocenters. The van der Waals surface area contributed by atoms with Crippen LogP contribution in [0.15, 0.2) is 24.3 Å². The van der Waals surface area contributed by atoms with E-state index in [9.17, 15) is 9.59 Å². The number of benzene rings is 1. The molecule has 2 fully saturated rings. The Hall–Kier alpha value is -2.12. The minimum absolute atomic E-state index is 0.0521. The molecule has 0 atom stereocenters. The molecular formula is C25H38N4O3. The smallest absolute Gasteiger partial charge is 0.410 e. The Bertz CT molecular complexity index is 766. The Morgan fingerprint density at radius 2 is 1.75 bits per heavy atom. The number of ether oxygens (including phenoxy) is 1.